The predicted molar refractivity (Wildman–Crippen MR) is 76.4 cm³/mol. The molecule has 3 aromatic rings. The summed E-state index contributed by atoms with van der Waals surface area (Å²) in [4.78, 5) is 20.5. The number of hydrogen-bond acceptors (Lipinski definition) is 6. The lowest BCUT2D eigenvalue weighted by atomic mass is 10.2. The van der Waals surface area contributed by atoms with Crippen LogP contribution >= 0.6 is 23.1 Å². The molecule has 3 aromatic heterocycles. The molecule has 0 aliphatic heterocycles. The molecule has 0 bridgehead atoms. The number of fused-ring (bicyclic) bond motifs is 1. The van der Waals surface area contributed by atoms with Crippen molar-refractivity contribution in [1.82, 2.24) is 19.7 Å². The third-order valence-corrected chi connectivity index (χ3v) is 4.93. The normalized spacial score (nSPS) is 11.1. The Morgan fingerprint density at radius 1 is 1.45 bits per heavy atom. The van der Waals surface area contributed by atoms with Crippen LogP contribution in [0.1, 0.15) is 16.1 Å². The molecule has 0 spiro atoms. The van der Waals surface area contributed by atoms with Crippen LogP contribution < -0.4 is 0 Å². The van der Waals surface area contributed by atoms with Crippen molar-refractivity contribution in [2.45, 2.75) is 16.2 Å². The van der Waals surface area contributed by atoms with Gasteiger partial charge in [-0.05, 0) is 6.92 Å². The maximum absolute atomic E-state index is 11.4. The Morgan fingerprint density at radius 2 is 2.25 bits per heavy atom. The van der Waals surface area contributed by atoms with E-state index < -0.39 is 5.97 Å². The van der Waals surface area contributed by atoms with Crippen LogP contribution in [0.15, 0.2) is 27.0 Å². The highest BCUT2D eigenvalue weighted by atomic mass is 32.2. The quantitative estimate of drug-likeness (QED) is 0.801. The highest BCUT2D eigenvalue weighted by Gasteiger charge is 2.19. The van der Waals surface area contributed by atoms with Crippen LogP contribution in [0.5, 0.6) is 0 Å². The standard InChI is InChI=1S/C12H10N4O2S2/c1-6-5-19-12(15-6)20-9-7-4-14-16(2)10(7)13-3-8(9)11(17)18/h3-5H,1-2H3,(H,17,18). The zero-order valence-corrected chi connectivity index (χ0v) is 12.3. The number of carboxylic acids is 1. The number of pyridine rings is 1. The molecule has 102 valence electrons. The van der Waals surface area contributed by atoms with E-state index in [0.717, 1.165) is 15.4 Å². The van der Waals surface area contributed by atoms with Crippen molar-refractivity contribution in [3.8, 4) is 0 Å². The average molecular weight is 306 g/mol. The van der Waals surface area contributed by atoms with Crippen LogP contribution in [0.4, 0.5) is 0 Å². The van der Waals surface area contributed by atoms with E-state index in [1.165, 1.54) is 29.3 Å². The van der Waals surface area contributed by atoms with Gasteiger partial charge in [0.1, 0.15) is 0 Å². The highest BCUT2D eigenvalue weighted by molar-refractivity contribution is 8.01. The minimum atomic E-state index is -1.00. The van der Waals surface area contributed by atoms with Gasteiger partial charge in [-0.1, -0.05) is 11.8 Å². The fraction of sp³-hybridized carbons (Fsp3) is 0.167. The van der Waals surface area contributed by atoms with E-state index >= 15 is 0 Å². The summed E-state index contributed by atoms with van der Waals surface area (Å²) < 4.78 is 2.43. The molecule has 0 aromatic carbocycles. The summed E-state index contributed by atoms with van der Waals surface area (Å²) in [5.41, 5.74) is 1.75. The molecule has 20 heavy (non-hydrogen) atoms. The van der Waals surface area contributed by atoms with Crippen molar-refractivity contribution in [1.29, 1.82) is 0 Å². The molecule has 0 radical (unpaired) electrons. The second-order valence-corrected chi connectivity index (χ2v) is 6.28. The summed E-state index contributed by atoms with van der Waals surface area (Å²) in [5.74, 6) is -1.00. The van der Waals surface area contributed by atoms with E-state index in [2.05, 4.69) is 15.1 Å². The first-order valence-corrected chi connectivity index (χ1v) is 7.40. The molecule has 0 amide bonds. The fourth-order valence-electron chi connectivity index (χ4n) is 1.80. The molecule has 0 unspecified atom stereocenters. The van der Waals surface area contributed by atoms with Gasteiger partial charge in [0.15, 0.2) is 9.99 Å². The predicted octanol–water partition coefficient (Wildman–Crippen LogP) is 2.58. The molecule has 0 aliphatic rings. The van der Waals surface area contributed by atoms with Crippen molar-refractivity contribution >= 4 is 40.1 Å². The maximum atomic E-state index is 11.4. The van der Waals surface area contributed by atoms with Gasteiger partial charge >= 0.3 is 5.97 Å². The Kier molecular flexibility index (Phi) is 3.19. The summed E-state index contributed by atoms with van der Waals surface area (Å²) in [6.07, 6.45) is 3.01. The van der Waals surface area contributed by atoms with Gasteiger partial charge in [0.05, 0.1) is 17.1 Å². The lowest BCUT2D eigenvalue weighted by Crippen LogP contribution is -2.01. The van der Waals surface area contributed by atoms with E-state index in [1.54, 1.807) is 17.9 Å². The van der Waals surface area contributed by atoms with Gasteiger partial charge in [0, 0.05) is 29.2 Å². The zero-order valence-electron chi connectivity index (χ0n) is 10.7. The molecular formula is C12H10N4O2S2. The van der Waals surface area contributed by atoms with Crippen LogP contribution in [-0.2, 0) is 7.05 Å². The monoisotopic (exact) mass is 306 g/mol. The first kappa shape index (κ1) is 13.1. The Balaban J connectivity index is 2.19. The number of carboxylic acid groups (broad SMARTS) is 1. The second kappa shape index (κ2) is 4.88. The first-order chi connectivity index (χ1) is 9.56. The van der Waals surface area contributed by atoms with Crippen LogP contribution in [0.3, 0.4) is 0 Å². The van der Waals surface area contributed by atoms with E-state index in [-0.39, 0.29) is 5.56 Å². The summed E-state index contributed by atoms with van der Waals surface area (Å²) in [5, 5.41) is 16.1. The number of nitrogens with zero attached hydrogens (tertiary/aromatic N) is 4. The molecule has 3 rings (SSSR count). The van der Waals surface area contributed by atoms with E-state index in [4.69, 9.17) is 0 Å². The molecule has 0 aliphatic carbocycles. The molecule has 0 saturated carbocycles. The number of hydrogen-bond donors (Lipinski definition) is 1. The Bertz CT molecular complexity index is 809. The molecule has 0 atom stereocenters. The Morgan fingerprint density at radius 3 is 2.90 bits per heavy atom. The lowest BCUT2D eigenvalue weighted by molar-refractivity contribution is 0.0693. The van der Waals surface area contributed by atoms with Crippen molar-refractivity contribution in [2.75, 3.05) is 0 Å². The zero-order chi connectivity index (χ0) is 14.3. The van der Waals surface area contributed by atoms with Crippen molar-refractivity contribution in [3.05, 3.63) is 29.0 Å². The number of rotatable bonds is 3. The maximum Gasteiger partial charge on any atom is 0.338 e. The fourth-order valence-corrected chi connectivity index (χ4v) is 3.78. The van der Waals surface area contributed by atoms with Gasteiger partial charge < -0.3 is 5.11 Å². The number of thiazole rings is 1. The van der Waals surface area contributed by atoms with E-state index in [1.807, 2.05) is 12.3 Å². The summed E-state index contributed by atoms with van der Waals surface area (Å²) in [7, 11) is 1.78. The van der Waals surface area contributed by atoms with Crippen LogP contribution in [-0.4, -0.2) is 30.8 Å². The second-order valence-electron chi connectivity index (χ2n) is 4.17. The molecule has 3 heterocycles. The molecule has 8 heteroatoms. The van der Waals surface area contributed by atoms with Crippen molar-refractivity contribution < 1.29 is 9.90 Å². The van der Waals surface area contributed by atoms with Crippen LogP contribution in [0.25, 0.3) is 11.0 Å². The summed E-state index contributed by atoms with van der Waals surface area (Å²) >= 11 is 2.83. The largest absolute Gasteiger partial charge is 0.478 e. The van der Waals surface area contributed by atoms with Crippen molar-refractivity contribution in [3.63, 3.8) is 0 Å². The van der Waals surface area contributed by atoms with Gasteiger partial charge in [0.2, 0.25) is 0 Å². The van der Waals surface area contributed by atoms with E-state index in [0.29, 0.717) is 10.5 Å². The number of aromatic carboxylic acids is 1. The smallest absolute Gasteiger partial charge is 0.338 e. The van der Waals surface area contributed by atoms with E-state index in [9.17, 15) is 9.90 Å². The lowest BCUT2D eigenvalue weighted by Gasteiger charge is -2.05. The SMILES string of the molecule is Cc1csc(Sc2c(C(=O)O)cnc3c2cnn3C)n1. The first-order valence-electron chi connectivity index (χ1n) is 5.70. The van der Waals surface area contributed by atoms with Gasteiger partial charge in [-0.3, -0.25) is 4.68 Å². The average Bonchev–Trinajstić information content (AvgIpc) is 2.97. The van der Waals surface area contributed by atoms with Gasteiger partial charge in [-0.25, -0.2) is 14.8 Å². The number of carbonyl (C=O) groups is 1. The number of aromatic nitrogens is 4. The third kappa shape index (κ3) is 2.16. The Hall–Kier alpha value is -1.93. The summed E-state index contributed by atoms with van der Waals surface area (Å²) in [6, 6.07) is 0. The minimum absolute atomic E-state index is 0.170. The van der Waals surface area contributed by atoms with Crippen LogP contribution in [0.2, 0.25) is 0 Å². The van der Waals surface area contributed by atoms with Gasteiger partial charge in [-0.15, -0.1) is 11.3 Å². The van der Waals surface area contributed by atoms with Gasteiger partial charge in [-0.2, -0.15) is 5.10 Å². The van der Waals surface area contributed by atoms with Gasteiger partial charge in [0.25, 0.3) is 0 Å². The number of aryl methyl sites for hydroxylation is 2. The minimum Gasteiger partial charge on any atom is -0.478 e. The molecule has 1 N–H and O–H groups in total. The van der Waals surface area contributed by atoms with Crippen molar-refractivity contribution in [2.24, 2.45) is 7.05 Å². The molecule has 6 nitrogen and oxygen atoms in total. The molecular weight excluding hydrogens is 296 g/mol. The third-order valence-electron chi connectivity index (χ3n) is 2.73. The van der Waals surface area contributed by atoms with Crippen LogP contribution in [0, 0.1) is 6.92 Å². The molecule has 0 fully saturated rings. The highest BCUT2D eigenvalue weighted by Crippen LogP contribution is 2.36. The topological polar surface area (TPSA) is 80.9 Å². The summed E-state index contributed by atoms with van der Waals surface area (Å²) in [6.45, 7) is 1.91. The molecule has 0 saturated heterocycles. The Labute approximate surface area is 122 Å².